The van der Waals surface area contributed by atoms with Gasteiger partial charge in [-0.3, -0.25) is 0 Å². The van der Waals surface area contributed by atoms with Crippen molar-refractivity contribution in [3.05, 3.63) is 47.9 Å². The lowest BCUT2D eigenvalue weighted by Crippen LogP contribution is -2.05. The van der Waals surface area contributed by atoms with E-state index in [4.69, 9.17) is 4.42 Å². The average molecular weight is 217 g/mol. The Morgan fingerprint density at radius 1 is 1.25 bits per heavy atom. The van der Waals surface area contributed by atoms with Gasteiger partial charge in [0, 0.05) is 11.8 Å². The summed E-state index contributed by atoms with van der Waals surface area (Å²) in [6, 6.07) is 11.0. The SMILES string of the molecule is Cc1ccc(C(C)Nc2cccc(O)c2)o1. The molecule has 2 aromatic rings. The lowest BCUT2D eigenvalue weighted by atomic mass is 10.2. The van der Waals surface area contributed by atoms with Crippen molar-refractivity contribution >= 4 is 5.69 Å². The van der Waals surface area contributed by atoms with Gasteiger partial charge in [0.25, 0.3) is 0 Å². The van der Waals surface area contributed by atoms with E-state index >= 15 is 0 Å². The summed E-state index contributed by atoms with van der Waals surface area (Å²) in [7, 11) is 0. The average Bonchev–Trinajstić information content (AvgIpc) is 2.65. The Morgan fingerprint density at radius 3 is 2.69 bits per heavy atom. The van der Waals surface area contributed by atoms with Crippen LogP contribution in [0.25, 0.3) is 0 Å². The quantitative estimate of drug-likeness (QED) is 0.827. The third kappa shape index (κ3) is 2.37. The maximum atomic E-state index is 9.34. The van der Waals surface area contributed by atoms with Crippen LogP contribution in [0.4, 0.5) is 5.69 Å². The second-order valence-corrected chi connectivity index (χ2v) is 3.86. The van der Waals surface area contributed by atoms with E-state index in [0.717, 1.165) is 17.2 Å². The molecule has 0 bridgehead atoms. The maximum absolute atomic E-state index is 9.34. The summed E-state index contributed by atoms with van der Waals surface area (Å²) in [4.78, 5) is 0. The van der Waals surface area contributed by atoms with E-state index < -0.39 is 0 Å². The standard InChI is InChI=1S/C13H15NO2/c1-9-6-7-13(16-9)10(2)14-11-4-3-5-12(15)8-11/h3-8,10,14-15H,1-2H3. The molecule has 0 saturated heterocycles. The van der Waals surface area contributed by atoms with Gasteiger partial charge < -0.3 is 14.8 Å². The van der Waals surface area contributed by atoms with Gasteiger partial charge in [0.1, 0.15) is 17.3 Å². The van der Waals surface area contributed by atoms with Crippen molar-refractivity contribution in [2.75, 3.05) is 5.32 Å². The summed E-state index contributed by atoms with van der Waals surface area (Å²) in [5.74, 6) is 2.05. The minimum absolute atomic E-state index is 0.0792. The molecular formula is C13H15NO2. The molecule has 1 unspecified atom stereocenters. The molecule has 1 heterocycles. The Hall–Kier alpha value is -1.90. The van der Waals surface area contributed by atoms with E-state index in [9.17, 15) is 5.11 Å². The van der Waals surface area contributed by atoms with Crippen molar-refractivity contribution in [3.63, 3.8) is 0 Å². The van der Waals surface area contributed by atoms with Crippen LogP contribution >= 0.6 is 0 Å². The van der Waals surface area contributed by atoms with Gasteiger partial charge in [-0.15, -0.1) is 0 Å². The van der Waals surface area contributed by atoms with E-state index in [1.165, 1.54) is 0 Å². The highest BCUT2D eigenvalue weighted by Crippen LogP contribution is 2.23. The Morgan fingerprint density at radius 2 is 2.06 bits per heavy atom. The number of hydrogen-bond donors (Lipinski definition) is 2. The van der Waals surface area contributed by atoms with Crippen LogP contribution in [-0.2, 0) is 0 Å². The number of phenols is 1. The second-order valence-electron chi connectivity index (χ2n) is 3.86. The van der Waals surface area contributed by atoms with Crippen LogP contribution in [0.3, 0.4) is 0 Å². The predicted octanol–water partition coefficient (Wildman–Crippen LogP) is 3.47. The van der Waals surface area contributed by atoms with E-state index in [-0.39, 0.29) is 11.8 Å². The van der Waals surface area contributed by atoms with Crippen LogP contribution < -0.4 is 5.32 Å². The van der Waals surface area contributed by atoms with Gasteiger partial charge in [0.15, 0.2) is 0 Å². The highest BCUT2D eigenvalue weighted by Gasteiger charge is 2.09. The van der Waals surface area contributed by atoms with Crippen molar-refractivity contribution in [1.82, 2.24) is 0 Å². The van der Waals surface area contributed by atoms with Gasteiger partial charge in [-0.05, 0) is 38.1 Å². The molecule has 0 aliphatic carbocycles. The third-order valence-corrected chi connectivity index (χ3v) is 2.42. The molecule has 1 atom stereocenters. The van der Waals surface area contributed by atoms with Crippen molar-refractivity contribution in [3.8, 4) is 5.75 Å². The Balaban J connectivity index is 2.10. The fraction of sp³-hybridized carbons (Fsp3) is 0.231. The number of anilines is 1. The fourth-order valence-electron chi connectivity index (χ4n) is 1.60. The molecule has 0 spiro atoms. The summed E-state index contributed by atoms with van der Waals surface area (Å²) >= 11 is 0. The fourth-order valence-corrected chi connectivity index (χ4v) is 1.60. The maximum Gasteiger partial charge on any atom is 0.126 e. The summed E-state index contributed by atoms with van der Waals surface area (Å²) in [6.45, 7) is 3.94. The number of benzene rings is 1. The lowest BCUT2D eigenvalue weighted by molar-refractivity contribution is 0.465. The normalized spacial score (nSPS) is 12.4. The Kier molecular flexibility index (Phi) is 2.86. The van der Waals surface area contributed by atoms with Gasteiger partial charge in [-0.1, -0.05) is 6.07 Å². The molecule has 2 N–H and O–H groups in total. The van der Waals surface area contributed by atoms with E-state index in [2.05, 4.69) is 5.32 Å². The number of nitrogens with one attached hydrogen (secondary N) is 1. The van der Waals surface area contributed by atoms with Crippen LogP contribution in [0.2, 0.25) is 0 Å². The first-order valence-electron chi connectivity index (χ1n) is 5.27. The van der Waals surface area contributed by atoms with Gasteiger partial charge >= 0.3 is 0 Å². The van der Waals surface area contributed by atoms with Crippen molar-refractivity contribution < 1.29 is 9.52 Å². The number of hydrogen-bond acceptors (Lipinski definition) is 3. The monoisotopic (exact) mass is 217 g/mol. The molecule has 2 rings (SSSR count). The van der Waals surface area contributed by atoms with E-state index in [1.54, 1.807) is 18.2 Å². The summed E-state index contributed by atoms with van der Waals surface area (Å²) in [5.41, 5.74) is 0.876. The number of furan rings is 1. The zero-order valence-electron chi connectivity index (χ0n) is 9.40. The summed E-state index contributed by atoms with van der Waals surface area (Å²) in [5, 5.41) is 12.6. The molecule has 0 amide bonds. The van der Waals surface area contributed by atoms with Crippen LogP contribution in [0.1, 0.15) is 24.5 Å². The van der Waals surface area contributed by atoms with E-state index in [0.29, 0.717) is 0 Å². The third-order valence-electron chi connectivity index (χ3n) is 2.42. The smallest absolute Gasteiger partial charge is 0.126 e. The van der Waals surface area contributed by atoms with Crippen LogP contribution in [0, 0.1) is 6.92 Å². The number of aromatic hydroxyl groups is 1. The van der Waals surface area contributed by atoms with Gasteiger partial charge in [-0.2, -0.15) is 0 Å². The zero-order valence-corrected chi connectivity index (χ0v) is 9.40. The Labute approximate surface area is 94.7 Å². The highest BCUT2D eigenvalue weighted by atomic mass is 16.3. The highest BCUT2D eigenvalue weighted by molar-refractivity contribution is 5.48. The van der Waals surface area contributed by atoms with Crippen LogP contribution in [0.5, 0.6) is 5.75 Å². The number of phenolic OH excluding ortho intramolecular Hbond substituents is 1. The predicted molar refractivity (Wildman–Crippen MR) is 63.6 cm³/mol. The van der Waals surface area contributed by atoms with Gasteiger partial charge in [0.2, 0.25) is 0 Å². The van der Waals surface area contributed by atoms with Crippen molar-refractivity contribution in [1.29, 1.82) is 0 Å². The molecule has 0 fully saturated rings. The molecule has 0 radical (unpaired) electrons. The Bertz CT molecular complexity index is 476. The minimum atomic E-state index is 0.0792. The van der Waals surface area contributed by atoms with Gasteiger partial charge in [-0.25, -0.2) is 0 Å². The van der Waals surface area contributed by atoms with E-state index in [1.807, 2.05) is 32.0 Å². The molecule has 0 saturated carbocycles. The van der Waals surface area contributed by atoms with Gasteiger partial charge in [0.05, 0.1) is 6.04 Å². The summed E-state index contributed by atoms with van der Waals surface area (Å²) < 4.78 is 5.52. The molecule has 84 valence electrons. The molecular weight excluding hydrogens is 202 g/mol. The molecule has 16 heavy (non-hydrogen) atoms. The van der Waals surface area contributed by atoms with Crippen LogP contribution in [-0.4, -0.2) is 5.11 Å². The first-order chi connectivity index (χ1) is 7.65. The van der Waals surface area contributed by atoms with Crippen LogP contribution in [0.15, 0.2) is 40.8 Å². The lowest BCUT2D eigenvalue weighted by Gasteiger charge is -2.12. The minimum Gasteiger partial charge on any atom is -0.508 e. The largest absolute Gasteiger partial charge is 0.508 e. The zero-order chi connectivity index (χ0) is 11.5. The molecule has 0 aliphatic rings. The second kappa shape index (κ2) is 4.31. The number of rotatable bonds is 3. The number of aryl methyl sites for hydroxylation is 1. The van der Waals surface area contributed by atoms with Crippen molar-refractivity contribution in [2.45, 2.75) is 19.9 Å². The topological polar surface area (TPSA) is 45.4 Å². The first-order valence-corrected chi connectivity index (χ1v) is 5.27. The molecule has 1 aromatic heterocycles. The van der Waals surface area contributed by atoms with Crippen molar-refractivity contribution in [2.24, 2.45) is 0 Å². The molecule has 1 aromatic carbocycles. The molecule has 3 nitrogen and oxygen atoms in total. The molecule has 0 aliphatic heterocycles. The summed E-state index contributed by atoms with van der Waals surface area (Å²) in [6.07, 6.45) is 0. The first kappa shape index (κ1) is 10.6. The molecule has 3 heteroatoms.